The van der Waals surface area contributed by atoms with Crippen LogP contribution in [0.2, 0.25) is 0 Å². The number of hydrogen-bond acceptors (Lipinski definition) is 5. The molecule has 4 rings (SSSR count). The van der Waals surface area contributed by atoms with E-state index in [1.165, 1.54) is 0 Å². The van der Waals surface area contributed by atoms with Gasteiger partial charge in [-0.05, 0) is 30.2 Å². The Kier molecular flexibility index (Phi) is 4.84. The van der Waals surface area contributed by atoms with Gasteiger partial charge in [-0.2, -0.15) is 0 Å². The van der Waals surface area contributed by atoms with E-state index >= 15 is 0 Å². The van der Waals surface area contributed by atoms with Crippen LogP contribution in [0, 0.1) is 5.41 Å². The first kappa shape index (κ1) is 18.6. The zero-order chi connectivity index (χ0) is 19.2. The summed E-state index contributed by atoms with van der Waals surface area (Å²) in [5, 5.41) is 0.749. The van der Waals surface area contributed by atoms with Crippen molar-refractivity contribution in [2.75, 3.05) is 13.2 Å². The van der Waals surface area contributed by atoms with Crippen molar-refractivity contribution < 1.29 is 9.53 Å². The average molecular weight is 390 g/mol. The van der Waals surface area contributed by atoms with E-state index in [0.717, 1.165) is 46.5 Å². The first-order chi connectivity index (χ1) is 12.8. The van der Waals surface area contributed by atoms with Gasteiger partial charge < -0.3 is 9.64 Å². The van der Waals surface area contributed by atoms with Crippen LogP contribution in [0.15, 0.2) is 11.1 Å². The molecule has 7 heteroatoms. The number of amides is 1. The number of carbonyl (C=O) groups is 1. The van der Waals surface area contributed by atoms with Crippen LogP contribution in [0.4, 0.5) is 0 Å². The zero-order valence-electron chi connectivity index (χ0n) is 16.3. The lowest BCUT2D eigenvalue weighted by atomic mass is 9.91. The average Bonchev–Trinajstić information content (AvgIpc) is 3.22. The normalized spacial score (nSPS) is 20.3. The SMILES string of the molecule is CC(C)(C)CC(=O)N1CCc2c(sc3ncn(C[C@H]4CCCO4)c(=O)c23)C1. The zero-order valence-corrected chi connectivity index (χ0v) is 17.1. The van der Waals surface area contributed by atoms with Crippen molar-refractivity contribution in [3.63, 3.8) is 0 Å². The fourth-order valence-corrected chi connectivity index (χ4v) is 5.13. The number of fused-ring (bicyclic) bond motifs is 3. The maximum Gasteiger partial charge on any atom is 0.262 e. The molecule has 0 aromatic carbocycles. The van der Waals surface area contributed by atoms with Crippen LogP contribution >= 0.6 is 11.3 Å². The van der Waals surface area contributed by atoms with Crippen LogP contribution in [-0.2, 0) is 29.0 Å². The van der Waals surface area contributed by atoms with Crippen LogP contribution < -0.4 is 5.56 Å². The summed E-state index contributed by atoms with van der Waals surface area (Å²) >= 11 is 1.55. The second-order valence-electron chi connectivity index (χ2n) is 8.82. The molecular weight excluding hydrogens is 362 g/mol. The highest BCUT2D eigenvalue weighted by Gasteiger charge is 2.28. The van der Waals surface area contributed by atoms with Gasteiger partial charge in [0.1, 0.15) is 4.83 Å². The fraction of sp³-hybridized carbons (Fsp3) is 0.650. The van der Waals surface area contributed by atoms with Gasteiger partial charge in [0, 0.05) is 24.4 Å². The van der Waals surface area contributed by atoms with Gasteiger partial charge in [0.2, 0.25) is 5.91 Å². The maximum atomic E-state index is 13.0. The van der Waals surface area contributed by atoms with E-state index in [4.69, 9.17) is 4.74 Å². The molecule has 4 heterocycles. The van der Waals surface area contributed by atoms with E-state index in [9.17, 15) is 9.59 Å². The van der Waals surface area contributed by atoms with Crippen molar-refractivity contribution in [2.24, 2.45) is 5.41 Å². The molecule has 1 fully saturated rings. The van der Waals surface area contributed by atoms with E-state index in [1.54, 1.807) is 22.2 Å². The fourth-order valence-electron chi connectivity index (χ4n) is 3.93. The van der Waals surface area contributed by atoms with Crippen molar-refractivity contribution in [3.8, 4) is 0 Å². The molecule has 6 nitrogen and oxygen atoms in total. The second kappa shape index (κ2) is 7.02. The van der Waals surface area contributed by atoms with E-state index < -0.39 is 0 Å². The first-order valence-corrected chi connectivity index (χ1v) is 10.5. The molecule has 0 N–H and O–H groups in total. The van der Waals surface area contributed by atoms with Gasteiger partial charge in [-0.15, -0.1) is 11.3 Å². The standard InChI is InChI=1S/C20H27N3O3S/c1-20(2,3)9-16(24)22-7-6-14-15(11-22)27-18-17(14)19(25)23(12-21-18)10-13-5-4-8-26-13/h12-13H,4-11H2,1-3H3/t13-/m1/s1. The Morgan fingerprint density at radius 1 is 1.41 bits per heavy atom. The van der Waals surface area contributed by atoms with Crippen molar-refractivity contribution in [3.05, 3.63) is 27.1 Å². The molecule has 2 aromatic heterocycles. The van der Waals surface area contributed by atoms with E-state index in [2.05, 4.69) is 25.8 Å². The Labute approximate surface area is 163 Å². The number of rotatable bonds is 3. The predicted molar refractivity (Wildman–Crippen MR) is 106 cm³/mol. The minimum Gasteiger partial charge on any atom is -0.376 e. The van der Waals surface area contributed by atoms with E-state index in [0.29, 0.717) is 26.1 Å². The smallest absolute Gasteiger partial charge is 0.262 e. The van der Waals surface area contributed by atoms with Gasteiger partial charge in [0.15, 0.2) is 0 Å². The van der Waals surface area contributed by atoms with Gasteiger partial charge in [-0.25, -0.2) is 4.98 Å². The van der Waals surface area contributed by atoms with Crippen molar-refractivity contribution >= 4 is 27.5 Å². The molecule has 1 amide bonds. The quantitative estimate of drug-likeness (QED) is 0.810. The molecule has 1 saturated heterocycles. The molecule has 0 saturated carbocycles. The maximum absolute atomic E-state index is 13.0. The molecular formula is C20H27N3O3S. The van der Waals surface area contributed by atoms with E-state index in [-0.39, 0.29) is 23.0 Å². The van der Waals surface area contributed by atoms with Crippen LogP contribution in [-0.4, -0.2) is 39.6 Å². The number of nitrogens with zero attached hydrogens (tertiary/aromatic N) is 3. The highest BCUT2D eigenvalue weighted by Crippen LogP contribution is 2.33. The molecule has 2 aliphatic rings. The summed E-state index contributed by atoms with van der Waals surface area (Å²) in [4.78, 5) is 34.0. The van der Waals surface area contributed by atoms with Gasteiger partial charge >= 0.3 is 0 Å². The third-order valence-electron chi connectivity index (χ3n) is 5.29. The third-order valence-corrected chi connectivity index (χ3v) is 6.41. The molecule has 0 aliphatic carbocycles. The summed E-state index contributed by atoms with van der Waals surface area (Å²) in [6, 6.07) is 0. The lowest BCUT2D eigenvalue weighted by Crippen LogP contribution is -2.37. The molecule has 1 atom stereocenters. The number of thiophene rings is 1. The highest BCUT2D eigenvalue weighted by molar-refractivity contribution is 7.18. The molecule has 146 valence electrons. The Balaban J connectivity index is 1.60. The minimum absolute atomic E-state index is 0.0187. The summed E-state index contributed by atoms with van der Waals surface area (Å²) in [6.45, 7) is 8.87. The first-order valence-electron chi connectivity index (χ1n) is 9.71. The highest BCUT2D eigenvalue weighted by atomic mass is 32.1. The predicted octanol–water partition coefficient (Wildman–Crippen LogP) is 2.96. The van der Waals surface area contributed by atoms with Crippen molar-refractivity contribution in [1.29, 1.82) is 0 Å². The number of carbonyl (C=O) groups excluding carboxylic acids is 1. The molecule has 0 bridgehead atoms. The topological polar surface area (TPSA) is 64.4 Å². The molecule has 2 aliphatic heterocycles. The lowest BCUT2D eigenvalue weighted by molar-refractivity contribution is -0.133. The number of aromatic nitrogens is 2. The van der Waals surface area contributed by atoms with Crippen molar-refractivity contribution in [2.45, 2.75) is 65.6 Å². The van der Waals surface area contributed by atoms with Crippen LogP contribution in [0.3, 0.4) is 0 Å². The summed E-state index contributed by atoms with van der Waals surface area (Å²) in [5.41, 5.74) is 1.10. The minimum atomic E-state index is -0.0187. The summed E-state index contributed by atoms with van der Waals surface area (Å²) in [7, 11) is 0. The monoisotopic (exact) mass is 389 g/mol. The third kappa shape index (κ3) is 3.80. The van der Waals surface area contributed by atoms with E-state index in [1.807, 2.05) is 4.90 Å². The molecule has 0 spiro atoms. The Hall–Kier alpha value is -1.73. The summed E-state index contributed by atoms with van der Waals surface area (Å²) < 4.78 is 7.37. The van der Waals surface area contributed by atoms with Crippen LogP contribution in [0.1, 0.15) is 50.5 Å². The van der Waals surface area contributed by atoms with Gasteiger partial charge in [-0.1, -0.05) is 20.8 Å². The second-order valence-corrected chi connectivity index (χ2v) is 9.91. The van der Waals surface area contributed by atoms with Gasteiger partial charge in [0.05, 0.1) is 30.9 Å². The largest absolute Gasteiger partial charge is 0.376 e. The number of hydrogen-bond donors (Lipinski definition) is 0. The Morgan fingerprint density at radius 3 is 2.93 bits per heavy atom. The van der Waals surface area contributed by atoms with Crippen LogP contribution in [0.5, 0.6) is 0 Å². The van der Waals surface area contributed by atoms with Gasteiger partial charge in [0.25, 0.3) is 5.56 Å². The molecule has 0 radical (unpaired) electrons. The Morgan fingerprint density at radius 2 is 2.22 bits per heavy atom. The Bertz CT molecular complexity index is 919. The lowest BCUT2D eigenvalue weighted by Gasteiger charge is -2.29. The summed E-state index contributed by atoms with van der Waals surface area (Å²) in [5.74, 6) is 0.189. The summed E-state index contributed by atoms with van der Waals surface area (Å²) in [6.07, 6.45) is 5.09. The van der Waals surface area contributed by atoms with Crippen LogP contribution in [0.25, 0.3) is 10.2 Å². The molecule has 27 heavy (non-hydrogen) atoms. The molecule has 2 aromatic rings. The molecule has 0 unspecified atom stereocenters. The van der Waals surface area contributed by atoms with Crippen molar-refractivity contribution in [1.82, 2.24) is 14.5 Å². The van der Waals surface area contributed by atoms with Gasteiger partial charge in [-0.3, -0.25) is 14.2 Å². The number of ether oxygens (including phenoxy) is 1.